The Kier molecular flexibility index (Phi) is 2.28. The van der Waals surface area contributed by atoms with Crippen LogP contribution >= 0.6 is 11.3 Å². The third-order valence-corrected chi connectivity index (χ3v) is 2.89. The van der Waals surface area contributed by atoms with Gasteiger partial charge in [0.1, 0.15) is 0 Å². The van der Waals surface area contributed by atoms with Crippen molar-refractivity contribution in [3.8, 4) is 0 Å². The van der Waals surface area contributed by atoms with Crippen molar-refractivity contribution < 1.29 is 0 Å². The van der Waals surface area contributed by atoms with Crippen LogP contribution in [0.15, 0.2) is 10.5 Å². The standard InChI is InChI=1S/C8H12N4S/c1-5-7(13-4-10-5)8(12-9)11-6-2-3-6/h4,6H,2-3,9H2,1H3,(H,11,12). The molecule has 1 aromatic heterocycles. The zero-order valence-corrected chi connectivity index (χ0v) is 8.27. The van der Waals surface area contributed by atoms with Gasteiger partial charge in [0, 0.05) is 0 Å². The lowest BCUT2D eigenvalue weighted by molar-refractivity contribution is 0.971. The maximum atomic E-state index is 5.41. The molecular formula is C8H12N4S. The fraction of sp³-hybridized carbons (Fsp3) is 0.500. The van der Waals surface area contributed by atoms with Gasteiger partial charge in [0.05, 0.1) is 22.1 Å². The summed E-state index contributed by atoms with van der Waals surface area (Å²) in [5.41, 5.74) is 5.44. The molecule has 1 saturated carbocycles. The molecule has 1 aliphatic carbocycles. The van der Waals surface area contributed by atoms with Crippen molar-refractivity contribution in [1.82, 2.24) is 10.4 Å². The van der Waals surface area contributed by atoms with E-state index in [9.17, 15) is 0 Å². The first-order chi connectivity index (χ1) is 6.31. The molecule has 0 unspecified atom stereocenters. The Labute approximate surface area is 80.9 Å². The summed E-state index contributed by atoms with van der Waals surface area (Å²) in [4.78, 5) is 9.67. The number of rotatable bonds is 2. The highest BCUT2D eigenvalue weighted by atomic mass is 32.1. The first-order valence-electron chi connectivity index (χ1n) is 4.26. The van der Waals surface area contributed by atoms with Crippen molar-refractivity contribution in [2.45, 2.75) is 25.8 Å². The lowest BCUT2D eigenvalue weighted by Crippen LogP contribution is -2.31. The summed E-state index contributed by atoms with van der Waals surface area (Å²) in [6.07, 6.45) is 2.37. The number of thiazole rings is 1. The number of aromatic nitrogens is 1. The molecule has 0 amide bonds. The fourth-order valence-electron chi connectivity index (χ4n) is 1.08. The van der Waals surface area contributed by atoms with Crippen LogP contribution in [-0.4, -0.2) is 16.9 Å². The Bertz CT molecular complexity index is 327. The van der Waals surface area contributed by atoms with E-state index in [0.717, 1.165) is 16.4 Å². The molecule has 0 radical (unpaired) electrons. The number of aryl methyl sites for hydroxylation is 1. The molecule has 1 aromatic rings. The smallest absolute Gasteiger partial charge is 0.154 e. The number of nitrogens with one attached hydrogen (secondary N) is 1. The van der Waals surface area contributed by atoms with Gasteiger partial charge >= 0.3 is 0 Å². The van der Waals surface area contributed by atoms with E-state index in [0.29, 0.717) is 6.04 Å². The number of nitrogens with zero attached hydrogens (tertiary/aromatic N) is 2. The van der Waals surface area contributed by atoms with Gasteiger partial charge in [-0.25, -0.2) is 10.8 Å². The van der Waals surface area contributed by atoms with Crippen LogP contribution in [0.2, 0.25) is 0 Å². The molecule has 4 nitrogen and oxygen atoms in total. The van der Waals surface area contributed by atoms with Gasteiger partial charge < -0.3 is 5.43 Å². The number of aliphatic imine (C=N–C) groups is 1. The second kappa shape index (κ2) is 3.43. The van der Waals surface area contributed by atoms with E-state index in [-0.39, 0.29) is 0 Å². The molecule has 3 N–H and O–H groups in total. The normalized spacial score (nSPS) is 17.5. The minimum absolute atomic E-state index is 0.479. The Balaban J connectivity index is 2.25. The number of hydrogen-bond acceptors (Lipinski definition) is 4. The Morgan fingerprint density at radius 3 is 3.00 bits per heavy atom. The summed E-state index contributed by atoms with van der Waals surface area (Å²) in [7, 11) is 0. The van der Waals surface area contributed by atoms with Crippen molar-refractivity contribution in [3.63, 3.8) is 0 Å². The van der Waals surface area contributed by atoms with Crippen molar-refractivity contribution in [1.29, 1.82) is 0 Å². The van der Waals surface area contributed by atoms with Crippen LogP contribution in [0, 0.1) is 6.92 Å². The average molecular weight is 196 g/mol. The van der Waals surface area contributed by atoms with E-state index in [1.165, 1.54) is 12.8 Å². The number of hydrazine groups is 1. The van der Waals surface area contributed by atoms with E-state index in [1.807, 2.05) is 12.4 Å². The van der Waals surface area contributed by atoms with Crippen LogP contribution in [0.1, 0.15) is 23.4 Å². The van der Waals surface area contributed by atoms with Gasteiger partial charge in [-0.05, 0) is 19.8 Å². The molecule has 1 fully saturated rings. The number of hydrogen-bond donors (Lipinski definition) is 2. The topological polar surface area (TPSA) is 63.3 Å². The van der Waals surface area contributed by atoms with Crippen molar-refractivity contribution in [3.05, 3.63) is 16.1 Å². The van der Waals surface area contributed by atoms with Crippen molar-refractivity contribution in [2.24, 2.45) is 10.8 Å². The van der Waals surface area contributed by atoms with Gasteiger partial charge in [0.25, 0.3) is 0 Å². The summed E-state index contributed by atoms with van der Waals surface area (Å²) in [6, 6.07) is 0.479. The second-order valence-electron chi connectivity index (χ2n) is 3.12. The maximum Gasteiger partial charge on any atom is 0.154 e. The number of nitrogens with two attached hydrogens (primary N) is 1. The van der Waals surface area contributed by atoms with E-state index >= 15 is 0 Å². The molecule has 1 aliphatic rings. The van der Waals surface area contributed by atoms with E-state index in [4.69, 9.17) is 5.84 Å². The van der Waals surface area contributed by atoms with Gasteiger partial charge in [-0.2, -0.15) is 0 Å². The second-order valence-corrected chi connectivity index (χ2v) is 3.97. The summed E-state index contributed by atoms with van der Waals surface area (Å²) in [5, 5.41) is 0. The Morgan fingerprint density at radius 2 is 2.54 bits per heavy atom. The zero-order chi connectivity index (χ0) is 9.26. The molecule has 0 atom stereocenters. The summed E-state index contributed by atoms with van der Waals surface area (Å²) in [6.45, 7) is 1.96. The minimum atomic E-state index is 0.479. The fourth-order valence-corrected chi connectivity index (χ4v) is 1.84. The molecule has 0 saturated heterocycles. The number of amidine groups is 1. The summed E-state index contributed by atoms with van der Waals surface area (Å²) < 4.78 is 0. The molecule has 1 heterocycles. The highest BCUT2D eigenvalue weighted by molar-refractivity contribution is 7.12. The van der Waals surface area contributed by atoms with Crippen LogP contribution in [0.25, 0.3) is 0 Å². The lowest BCUT2D eigenvalue weighted by Gasteiger charge is -2.02. The third-order valence-electron chi connectivity index (χ3n) is 1.96. The maximum absolute atomic E-state index is 5.41. The molecule has 13 heavy (non-hydrogen) atoms. The van der Waals surface area contributed by atoms with Crippen LogP contribution in [-0.2, 0) is 0 Å². The summed E-state index contributed by atoms with van der Waals surface area (Å²) in [5.74, 6) is 6.19. The largest absolute Gasteiger partial charge is 0.308 e. The Morgan fingerprint density at radius 1 is 1.77 bits per heavy atom. The highest BCUT2D eigenvalue weighted by Gasteiger charge is 2.22. The van der Waals surface area contributed by atoms with Gasteiger partial charge in [0.2, 0.25) is 0 Å². The van der Waals surface area contributed by atoms with Crippen molar-refractivity contribution >= 4 is 17.2 Å². The predicted octanol–water partition coefficient (Wildman–Crippen LogP) is 0.824. The first-order valence-corrected chi connectivity index (χ1v) is 5.14. The SMILES string of the molecule is Cc1ncsc1C(=NC1CC1)NN. The zero-order valence-electron chi connectivity index (χ0n) is 7.45. The van der Waals surface area contributed by atoms with Crippen LogP contribution in [0.5, 0.6) is 0 Å². The third kappa shape index (κ3) is 1.87. The summed E-state index contributed by atoms with van der Waals surface area (Å²) >= 11 is 1.57. The van der Waals surface area contributed by atoms with Crippen LogP contribution in [0.4, 0.5) is 0 Å². The minimum Gasteiger partial charge on any atom is -0.308 e. The molecule has 0 bridgehead atoms. The average Bonchev–Trinajstić information content (AvgIpc) is 2.85. The molecule has 5 heteroatoms. The molecule has 70 valence electrons. The molecule has 0 aromatic carbocycles. The molecular weight excluding hydrogens is 184 g/mol. The monoisotopic (exact) mass is 196 g/mol. The molecule has 0 spiro atoms. The highest BCUT2D eigenvalue weighted by Crippen LogP contribution is 2.25. The Hall–Kier alpha value is -0.940. The van der Waals surface area contributed by atoms with E-state index in [1.54, 1.807) is 11.3 Å². The first kappa shape index (κ1) is 8.65. The quantitative estimate of drug-likeness (QED) is 0.318. The van der Waals surface area contributed by atoms with E-state index in [2.05, 4.69) is 15.4 Å². The molecule has 0 aliphatic heterocycles. The molecule has 2 rings (SSSR count). The van der Waals surface area contributed by atoms with E-state index < -0.39 is 0 Å². The van der Waals surface area contributed by atoms with Crippen LogP contribution < -0.4 is 11.3 Å². The van der Waals surface area contributed by atoms with Crippen molar-refractivity contribution in [2.75, 3.05) is 0 Å². The van der Waals surface area contributed by atoms with Gasteiger partial charge in [0.15, 0.2) is 5.84 Å². The van der Waals surface area contributed by atoms with Crippen LogP contribution in [0.3, 0.4) is 0 Å². The van der Waals surface area contributed by atoms with Gasteiger partial charge in [-0.3, -0.25) is 4.99 Å². The van der Waals surface area contributed by atoms with Gasteiger partial charge in [-0.1, -0.05) is 0 Å². The lowest BCUT2D eigenvalue weighted by atomic mass is 10.4. The van der Waals surface area contributed by atoms with Gasteiger partial charge in [-0.15, -0.1) is 11.3 Å². The predicted molar refractivity (Wildman–Crippen MR) is 53.7 cm³/mol.